The molecular formula is C6H14Cl2N2. The summed E-state index contributed by atoms with van der Waals surface area (Å²) in [5.41, 5.74) is 11.2. The molecule has 0 amide bonds. The van der Waals surface area contributed by atoms with Crippen molar-refractivity contribution in [3.8, 4) is 0 Å². The van der Waals surface area contributed by atoms with E-state index in [9.17, 15) is 0 Å². The van der Waals surface area contributed by atoms with Crippen molar-refractivity contribution < 1.29 is 0 Å². The van der Waals surface area contributed by atoms with Crippen molar-refractivity contribution in [2.75, 3.05) is 0 Å². The van der Waals surface area contributed by atoms with Crippen LogP contribution in [-0.2, 0) is 0 Å². The molecule has 0 saturated carbocycles. The normalized spacial score (nSPS) is 30.2. The number of hydrogen-bond acceptors (Lipinski definition) is 2. The topological polar surface area (TPSA) is 52.0 Å². The average molecular weight is 185 g/mol. The van der Waals surface area contributed by atoms with Crippen LogP contribution >= 0.6 is 24.8 Å². The molecular weight excluding hydrogens is 171 g/mol. The maximum absolute atomic E-state index is 5.60. The predicted octanol–water partition coefficient (Wildman–Crippen LogP) is 0.835. The summed E-state index contributed by atoms with van der Waals surface area (Å²) < 4.78 is 0. The Kier molecular flexibility index (Phi) is 7.70. The van der Waals surface area contributed by atoms with Gasteiger partial charge in [-0.15, -0.1) is 24.8 Å². The summed E-state index contributed by atoms with van der Waals surface area (Å²) in [4.78, 5) is 0. The Morgan fingerprint density at radius 1 is 0.900 bits per heavy atom. The molecule has 1 aliphatic rings. The van der Waals surface area contributed by atoms with Crippen LogP contribution in [-0.4, -0.2) is 12.1 Å². The molecule has 0 saturated heterocycles. The van der Waals surface area contributed by atoms with Gasteiger partial charge in [-0.3, -0.25) is 0 Å². The largest absolute Gasteiger partial charge is 0.326 e. The minimum absolute atomic E-state index is 0. The summed E-state index contributed by atoms with van der Waals surface area (Å²) in [6, 6.07) is 0.389. The Morgan fingerprint density at radius 3 is 1.40 bits per heavy atom. The van der Waals surface area contributed by atoms with Crippen molar-refractivity contribution in [1.29, 1.82) is 0 Å². The molecule has 62 valence electrons. The second-order valence-corrected chi connectivity index (χ2v) is 2.27. The lowest BCUT2D eigenvalue weighted by Crippen LogP contribution is -2.41. The Labute approximate surface area is 73.9 Å². The zero-order valence-electron chi connectivity index (χ0n) is 5.69. The fourth-order valence-electron chi connectivity index (χ4n) is 0.856. The van der Waals surface area contributed by atoms with Crippen LogP contribution in [0.15, 0.2) is 12.2 Å². The highest BCUT2D eigenvalue weighted by Crippen LogP contribution is 2.06. The monoisotopic (exact) mass is 184 g/mol. The maximum atomic E-state index is 5.60. The van der Waals surface area contributed by atoms with Crippen LogP contribution in [0.3, 0.4) is 0 Å². The van der Waals surface area contributed by atoms with Gasteiger partial charge in [0.25, 0.3) is 0 Å². The van der Waals surface area contributed by atoms with Crippen molar-refractivity contribution in [2.24, 2.45) is 11.5 Å². The van der Waals surface area contributed by atoms with E-state index >= 15 is 0 Å². The molecule has 0 aromatic carbocycles. The van der Waals surface area contributed by atoms with E-state index in [-0.39, 0.29) is 36.9 Å². The highest BCUT2D eigenvalue weighted by molar-refractivity contribution is 5.85. The lowest BCUT2D eigenvalue weighted by molar-refractivity contribution is 0.516. The molecule has 0 spiro atoms. The number of hydrogen-bond donors (Lipinski definition) is 2. The summed E-state index contributed by atoms with van der Waals surface area (Å²) in [5, 5.41) is 0. The first-order chi connectivity index (χ1) is 3.80. The van der Waals surface area contributed by atoms with Crippen molar-refractivity contribution >= 4 is 24.8 Å². The quantitative estimate of drug-likeness (QED) is 0.549. The van der Waals surface area contributed by atoms with Crippen LogP contribution in [0, 0.1) is 0 Å². The van der Waals surface area contributed by atoms with E-state index in [2.05, 4.69) is 12.2 Å². The number of halogens is 2. The van der Waals surface area contributed by atoms with E-state index in [1.165, 1.54) is 0 Å². The van der Waals surface area contributed by atoms with Gasteiger partial charge in [-0.25, -0.2) is 0 Å². The van der Waals surface area contributed by atoms with Crippen LogP contribution in [0.5, 0.6) is 0 Å². The van der Waals surface area contributed by atoms with Crippen molar-refractivity contribution in [1.82, 2.24) is 0 Å². The van der Waals surface area contributed by atoms with Crippen LogP contribution < -0.4 is 11.5 Å². The average Bonchev–Trinajstić information content (AvgIpc) is 1.77. The fraction of sp³-hybridized carbons (Fsp3) is 0.667. The summed E-state index contributed by atoms with van der Waals surface area (Å²) in [5.74, 6) is 0. The second-order valence-electron chi connectivity index (χ2n) is 2.27. The third-order valence-corrected chi connectivity index (χ3v) is 1.53. The molecule has 0 unspecified atom stereocenters. The van der Waals surface area contributed by atoms with Crippen molar-refractivity contribution in [2.45, 2.75) is 24.9 Å². The van der Waals surface area contributed by atoms with Gasteiger partial charge in [0.15, 0.2) is 0 Å². The first-order valence-corrected chi connectivity index (χ1v) is 2.97. The Bertz CT molecular complexity index is 93.9. The summed E-state index contributed by atoms with van der Waals surface area (Å²) >= 11 is 0. The molecule has 0 radical (unpaired) electrons. The van der Waals surface area contributed by atoms with Gasteiger partial charge in [0.2, 0.25) is 0 Å². The molecule has 0 fully saturated rings. The zero-order valence-corrected chi connectivity index (χ0v) is 7.33. The molecule has 10 heavy (non-hydrogen) atoms. The number of rotatable bonds is 0. The SMILES string of the molecule is Cl.Cl.N[C@H]1CC=CC[C@@H]1N. The van der Waals surface area contributed by atoms with E-state index in [0.29, 0.717) is 0 Å². The van der Waals surface area contributed by atoms with E-state index in [1.54, 1.807) is 0 Å². The van der Waals surface area contributed by atoms with Gasteiger partial charge < -0.3 is 11.5 Å². The second kappa shape index (κ2) is 5.98. The Morgan fingerprint density at radius 2 is 1.20 bits per heavy atom. The molecule has 1 rings (SSSR count). The highest BCUT2D eigenvalue weighted by atomic mass is 35.5. The molecule has 0 aromatic rings. The third-order valence-electron chi connectivity index (χ3n) is 1.53. The van der Waals surface area contributed by atoms with Crippen LogP contribution in [0.1, 0.15) is 12.8 Å². The molecule has 0 heterocycles. The van der Waals surface area contributed by atoms with E-state index < -0.39 is 0 Å². The van der Waals surface area contributed by atoms with Crippen LogP contribution in [0.25, 0.3) is 0 Å². The van der Waals surface area contributed by atoms with Gasteiger partial charge >= 0.3 is 0 Å². The minimum atomic E-state index is 0. The first kappa shape index (κ1) is 12.9. The predicted molar refractivity (Wildman–Crippen MR) is 48.8 cm³/mol. The van der Waals surface area contributed by atoms with Crippen molar-refractivity contribution in [3.63, 3.8) is 0 Å². The molecule has 0 aromatic heterocycles. The number of nitrogens with two attached hydrogens (primary N) is 2. The van der Waals surface area contributed by atoms with Gasteiger partial charge in [0.05, 0.1) is 0 Å². The summed E-state index contributed by atoms with van der Waals surface area (Å²) in [7, 11) is 0. The molecule has 0 aliphatic heterocycles. The zero-order chi connectivity index (χ0) is 5.98. The molecule has 4 heteroatoms. The van der Waals surface area contributed by atoms with Crippen LogP contribution in [0.4, 0.5) is 0 Å². The lowest BCUT2D eigenvalue weighted by Gasteiger charge is -2.19. The molecule has 1 aliphatic carbocycles. The van der Waals surface area contributed by atoms with Gasteiger partial charge in [-0.05, 0) is 12.8 Å². The van der Waals surface area contributed by atoms with Crippen LogP contribution in [0.2, 0.25) is 0 Å². The molecule has 4 N–H and O–H groups in total. The lowest BCUT2D eigenvalue weighted by atomic mass is 9.98. The minimum Gasteiger partial charge on any atom is -0.326 e. The molecule has 0 bridgehead atoms. The molecule has 2 nitrogen and oxygen atoms in total. The van der Waals surface area contributed by atoms with Gasteiger partial charge in [0, 0.05) is 12.1 Å². The highest BCUT2D eigenvalue weighted by Gasteiger charge is 2.12. The van der Waals surface area contributed by atoms with E-state index in [1.807, 2.05) is 0 Å². The summed E-state index contributed by atoms with van der Waals surface area (Å²) in [6.07, 6.45) is 6.07. The third kappa shape index (κ3) is 3.42. The maximum Gasteiger partial charge on any atom is 0.0230 e. The Balaban J connectivity index is 0. The van der Waals surface area contributed by atoms with Gasteiger partial charge in [0.1, 0.15) is 0 Å². The fourth-order valence-corrected chi connectivity index (χ4v) is 0.856. The smallest absolute Gasteiger partial charge is 0.0230 e. The summed E-state index contributed by atoms with van der Waals surface area (Å²) in [6.45, 7) is 0. The Hall–Kier alpha value is 0.240. The molecule has 2 atom stereocenters. The van der Waals surface area contributed by atoms with Crippen molar-refractivity contribution in [3.05, 3.63) is 12.2 Å². The first-order valence-electron chi connectivity index (χ1n) is 2.97. The standard InChI is InChI=1S/C6H12N2.2ClH/c7-5-3-1-2-4-6(5)8;;/h1-2,5-6H,3-4,7-8H2;2*1H/t5-,6-;;/m0../s1. The van der Waals surface area contributed by atoms with E-state index in [4.69, 9.17) is 11.5 Å². The van der Waals surface area contributed by atoms with E-state index in [0.717, 1.165) is 12.8 Å². The van der Waals surface area contributed by atoms with Gasteiger partial charge in [-0.2, -0.15) is 0 Å². The van der Waals surface area contributed by atoms with Gasteiger partial charge in [-0.1, -0.05) is 12.2 Å².